The summed E-state index contributed by atoms with van der Waals surface area (Å²) in [6, 6.07) is 9.56. The molecule has 5 heteroatoms. The van der Waals surface area contributed by atoms with Crippen LogP contribution in [0.3, 0.4) is 0 Å². The first-order chi connectivity index (χ1) is 12.5. The van der Waals surface area contributed by atoms with Gasteiger partial charge in [0.25, 0.3) is 0 Å². The maximum Gasteiger partial charge on any atom is 0.235 e. The lowest BCUT2D eigenvalue weighted by Gasteiger charge is -2.22. The Hall–Kier alpha value is -2.95. The van der Waals surface area contributed by atoms with Gasteiger partial charge in [-0.2, -0.15) is 0 Å². The van der Waals surface area contributed by atoms with Gasteiger partial charge in [-0.15, -0.1) is 0 Å². The second kappa shape index (κ2) is 6.41. The minimum atomic E-state index is -0.510. The van der Waals surface area contributed by atoms with E-state index in [1.54, 1.807) is 6.07 Å². The summed E-state index contributed by atoms with van der Waals surface area (Å²) in [5, 5.41) is 29.8. The van der Waals surface area contributed by atoms with E-state index in [0.717, 1.165) is 18.4 Å². The van der Waals surface area contributed by atoms with Gasteiger partial charge in [-0.3, -0.25) is 4.79 Å². The number of hydrogen-bond acceptors (Lipinski definition) is 5. The summed E-state index contributed by atoms with van der Waals surface area (Å²) in [6.07, 6.45) is 5.95. The van der Waals surface area contributed by atoms with Crippen LogP contribution in [0.2, 0.25) is 0 Å². The van der Waals surface area contributed by atoms with E-state index in [9.17, 15) is 20.1 Å². The van der Waals surface area contributed by atoms with Crippen LogP contribution in [-0.4, -0.2) is 15.3 Å². The third kappa shape index (κ3) is 2.79. The van der Waals surface area contributed by atoms with Crippen molar-refractivity contribution in [3.8, 4) is 28.6 Å². The van der Waals surface area contributed by atoms with Crippen LogP contribution in [0, 0.1) is 0 Å². The van der Waals surface area contributed by atoms with Gasteiger partial charge in [0.05, 0.1) is 5.39 Å². The van der Waals surface area contributed by atoms with Gasteiger partial charge in [0.15, 0.2) is 17.3 Å². The quantitative estimate of drug-likeness (QED) is 0.585. The van der Waals surface area contributed by atoms with Crippen molar-refractivity contribution in [3.63, 3.8) is 0 Å². The molecule has 5 nitrogen and oxygen atoms in total. The van der Waals surface area contributed by atoms with Crippen molar-refractivity contribution >= 4 is 11.0 Å². The Bertz CT molecular complexity index is 1030. The van der Waals surface area contributed by atoms with Gasteiger partial charge in [-0.1, -0.05) is 25.3 Å². The highest BCUT2D eigenvalue weighted by atomic mass is 16.4. The standard InChI is InChI=1S/C21H20O5/c22-16-9-7-14(10-17(16)23)21-20(25)19(24)15-8-6-13(11-18(15)26-21)12-4-2-1-3-5-12/h6-12,22-23,25H,1-5H2. The molecule has 4 rings (SSSR count). The summed E-state index contributed by atoms with van der Waals surface area (Å²) in [7, 11) is 0. The molecule has 0 radical (unpaired) electrons. The van der Waals surface area contributed by atoms with Crippen LogP contribution in [0.15, 0.2) is 45.6 Å². The Balaban J connectivity index is 1.86. The molecule has 0 spiro atoms. The van der Waals surface area contributed by atoms with E-state index in [1.165, 1.54) is 37.5 Å². The third-order valence-corrected chi connectivity index (χ3v) is 5.21. The van der Waals surface area contributed by atoms with Gasteiger partial charge in [0, 0.05) is 5.56 Å². The van der Waals surface area contributed by atoms with Gasteiger partial charge in [0.2, 0.25) is 11.2 Å². The van der Waals surface area contributed by atoms with E-state index >= 15 is 0 Å². The molecule has 1 fully saturated rings. The summed E-state index contributed by atoms with van der Waals surface area (Å²) < 4.78 is 5.84. The van der Waals surface area contributed by atoms with Crippen molar-refractivity contribution in [2.75, 3.05) is 0 Å². The van der Waals surface area contributed by atoms with Crippen molar-refractivity contribution in [1.82, 2.24) is 0 Å². The summed E-state index contributed by atoms with van der Waals surface area (Å²) in [4.78, 5) is 12.5. The molecule has 1 aliphatic carbocycles. The van der Waals surface area contributed by atoms with Crippen LogP contribution < -0.4 is 5.43 Å². The van der Waals surface area contributed by atoms with Gasteiger partial charge in [0.1, 0.15) is 5.58 Å². The molecule has 2 aromatic carbocycles. The fourth-order valence-electron chi connectivity index (χ4n) is 3.75. The van der Waals surface area contributed by atoms with Crippen molar-refractivity contribution in [3.05, 3.63) is 52.2 Å². The first-order valence-corrected chi connectivity index (χ1v) is 8.86. The van der Waals surface area contributed by atoms with E-state index in [0.29, 0.717) is 22.5 Å². The van der Waals surface area contributed by atoms with E-state index in [2.05, 4.69) is 0 Å². The average Bonchev–Trinajstić information content (AvgIpc) is 2.67. The molecule has 1 aliphatic rings. The smallest absolute Gasteiger partial charge is 0.235 e. The lowest BCUT2D eigenvalue weighted by molar-refractivity contribution is 0.403. The highest BCUT2D eigenvalue weighted by Gasteiger charge is 2.20. The highest BCUT2D eigenvalue weighted by Crippen LogP contribution is 2.37. The van der Waals surface area contributed by atoms with Gasteiger partial charge in [-0.05, 0) is 54.7 Å². The molecule has 0 aliphatic heterocycles. The maximum atomic E-state index is 12.5. The number of rotatable bonds is 2. The average molecular weight is 352 g/mol. The Kier molecular flexibility index (Phi) is 4.07. The Morgan fingerprint density at radius 2 is 1.65 bits per heavy atom. The molecule has 0 amide bonds. The second-order valence-electron chi connectivity index (χ2n) is 6.90. The largest absolute Gasteiger partial charge is 0.504 e. The molecule has 3 aromatic rings. The summed E-state index contributed by atoms with van der Waals surface area (Å²) in [5.41, 5.74) is 1.37. The topological polar surface area (TPSA) is 90.9 Å². The number of phenols is 2. The molecular weight excluding hydrogens is 332 g/mol. The van der Waals surface area contributed by atoms with Crippen molar-refractivity contribution < 1.29 is 19.7 Å². The van der Waals surface area contributed by atoms with Gasteiger partial charge < -0.3 is 19.7 Å². The van der Waals surface area contributed by atoms with Crippen LogP contribution in [0.4, 0.5) is 0 Å². The Morgan fingerprint density at radius 1 is 0.885 bits per heavy atom. The zero-order valence-corrected chi connectivity index (χ0v) is 14.2. The minimum absolute atomic E-state index is 0.0152. The van der Waals surface area contributed by atoms with Crippen molar-refractivity contribution in [2.45, 2.75) is 38.0 Å². The molecule has 1 saturated carbocycles. The van der Waals surface area contributed by atoms with Crippen LogP contribution in [0.5, 0.6) is 17.2 Å². The maximum absolute atomic E-state index is 12.5. The number of aromatic hydroxyl groups is 3. The van der Waals surface area contributed by atoms with Crippen LogP contribution in [0.25, 0.3) is 22.3 Å². The van der Waals surface area contributed by atoms with Crippen molar-refractivity contribution in [2.24, 2.45) is 0 Å². The van der Waals surface area contributed by atoms with Crippen molar-refractivity contribution in [1.29, 1.82) is 0 Å². The molecule has 0 saturated heterocycles. The third-order valence-electron chi connectivity index (χ3n) is 5.21. The molecule has 0 unspecified atom stereocenters. The summed E-state index contributed by atoms with van der Waals surface area (Å²) >= 11 is 0. The van der Waals surface area contributed by atoms with Crippen LogP contribution in [-0.2, 0) is 0 Å². The van der Waals surface area contributed by atoms with E-state index in [4.69, 9.17) is 4.42 Å². The molecule has 1 heterocycles. The normalized spacial score (nSPS) is 15.4. The number of fused-ring (bicyclic) bond motifs is 1. The SMILES string of the molecule is O=c1c(O)c(-c2ccc(O)c(O)c2)oc2cc(C3CCCCC3)ccc12. The fraction of sp³-hybridized carbons (Fsp3) is 0.286. The van der Waals surface area contributed by atoms with E-state index < -0.39 is 11.2 Å². The zero-order chi connectivity index (χ0) is 18.3. The second-order valence-corrected chi connectivity index (χ2v) is 6.90. The lowest BCUT2D eigenvalue weighted by atomic mass is 9.84. The van der Waals surface area contributed by atoms with Crippen LogP contribution >= 0.6 is 0 Å². The first kappa shape index (κ1) is 16.5. The monoisotopic (exact) mass is 352 g/mol. The molecule has 26 heavy (non-hydrogen) atoms. The summed E-state index contributed by atoms with van der Waals surface area (Å²) in [5.74, 6) is -0.684. The highest BCUT2D eigenvalue weighted by molar-refractivity contribution is 5.82. The predicted octanol–water partition coefficient (Wildman–Crippen LogP) is 4.62. The zero-order valence-electron chi connectivity index (χ0n) is 14.2. The van der Waals surface area contributed by atoms with Crippen LogP contribution in [0.1, 0.15) is 43.6 Å². The van der Waals surface area contributed by atoms with E-state index in [1.807, 2.05) is 12.1 Å². The molecule has 3 N–H and O–H groups in total. The van der Waals surface area contributed by atoms with E-state index in [-0.39, 0.29) is 17.3 Å². The van der Waals surface area contributed by atoms with Gasteiger partial charge in [-0.25, -0.2) is 0 Å². The molecule has 0 atom stereocenters. The number of hydrogen-bond donors (Lipinski definition) is 3. The first-order valence-electron chi connectivity index (χ1n) is 8.86. The Labute approximate surface area is 150 Å². The predicted molar refractivity (Wildman–Crippen MR) is 98.7 cm³/mol. The molecule has 134 valence electrons. The molecule has 0 bridgehead atoms. The minimum Gasteiger partial charge on any atom is -0.504 e. The summed E-state index contributed by atoms with van der Waals surface area (Å²) in [6.45, 7) is 0. The lowest BCUT2D eigenvalue weighted by Crippen LogP contribution is -2.06. The number of benzene rings is 2. The molecule has 1 aromatic heterocycles. The fourth-order valence-corrected chi connectivity index (χ4v) is 3.75. The number of phenolic OH excluding ortho intramolecular Hbond substituents is 2. The Morgan fingerprint density at radius 3 is 2.38 bits per heavy atom. The van der Waals surface area contributed by atoms with Gasteiger partial charge >= 0.3 is 0 Å². The molecular formula is C21H20O5.